The van der Waals surface area contributed by atoms with Gasteiger partial charge >= 0.3 is 5.97 Å². The van der Waals surface area contributed by atoms with E-state index in [1.807, 2.05) is 27.7 Å². The van der Waals surface area contributed by atoms with Gasteiger partial charge in [0.25, 0.3) is 0 Å². The Balaban J connectivity index is 2.83. The van der Waals surface area contributed by atoms with E-state index >= 15 is 0 Å². The number of carbonyl (C=O) groups excluding carboxylic acids is 1. The molecule has 0 radical (unpaired) electrons. The first kappa shape index (κ1) is 16.4. The smallest absolute Gasteiger partial charge is 0.308 e. The Morgan fingerprint density at radius 3 is 2.63 bits per heavy atom. The molecular formula is C14H26O5. The number of hydrogen-bond acceptors (Lipinski definition) is 5. The molecule has 1 heterocycles. The van der Waals surface area contributed by atoms with Gasteiger partial charge in [-0.1, -0.05) is 13.8 Å². The van der Waals surface area contributed by atoms with Crippen molar-refractivity contribution >= 4 is 5.97 Å². The summed E-state index contributed by atoms with van der Waals surface area (Å²) >= 11 is 0. The molecular weight excluding hydrogens is 248 g/mol. The third-order valence-corrected chi connectivity index (χ3v) is 3.55. The molecule has 0 bridgehead atoms. The summed E-state index contributed by atoms with van der Waals surface area (Å²) in [5.41, 5.74) is -1.23. The summed E-state index contributed by atoms with van der Waals surface area (Å²) in [5, 5.41) is 10.9. The van der Waals surface area contributed by atoms with Crippen molar-refractivity contribution in [1.29, 1.82) is 0 Å². The van der Waals surface area contributed by atoms with Crippen LogP contribution in [0, 0.1) is 5.92 Å². The molecule has 112 valence electrons. The fraction of sp³-hybridized carbons (Fsp3) is 0.929. The highest BCUT2D eigenvalue weighted by Gasteiger charge is 2.47. The maximum absolute atomic E-state index is 11.7. The molecule has 0 aromatic heterocycles. The highest BCUT2D eigenvalue weighted by molar-refractivity contribution is 5.70. The van der Waals surface area contributed by atoms with Crippen molar-refractivity contribution in [2.45, 2.75) is 65.0 Å². The lowest BCUT2D eigenvalue weighted by Gasteiger charge is -2.45. The lowest BCUT2D eigenvalue weighted by molar-refractivity contribution is -0.310. The van der Waals surface area contributed by atoms with Gasteiger partial charge in [-0.25, -0.2) is 0 Å². The van der Waals surface area contributed by atoms with Crippen molar-refractivity contribution < 1.29 is 24.1 Å². The molecule has 1 aliphatic heterocycles. The molecule has 1 aliphatic rings. The number of carbonyl (C=O) groups is 1. The summed E-state index contributed by atoms with van der Waals surface area (Å²) in [7, 11) is 0. The summed E-state index contributed by atoms with van der Waals surface area (Å²) < 4.78 is 16.2. The zero-order valence-electron chi connectivity index (χ0n) is 12.6. The predicted octanol–water partition coefficient (Wildman–Crippen LogP) is 1.87. The molecule has 0 spiro atoms. The Bertz CT molecular complexity index is 313. The van der Waals surface area contributed by atoms with Gasteiger partial charge in [0.1, 0.15) is 5.60 Å². The van der Waals surface area contributed by atoms with E-state index in [1.54, 1.807) is 6.92 Å². The van der Waals surface area contributed by atoms with E-state index in [1.165, 1.54) is 0 Å². The van der Waals surface area contributed by atoms with Crippen LogP contribution in [0.2, 0.25) is 0 Å². The van der Waals surface area contributed by atoms with Gasteiger partial charge in [-0.15, -0.1) is 0 Å². The summed E-state index contributed by atoms with van der Waals surface area (Å²) in [6.45, 7) is 9.95. The number of rotatable bonds is 5. The van der Waals surface area contributed by atoms with E-state index in [4.69, 9.17) is 14.2 Å². The largest absolute Gasteiger partial charge is 0.466 e. The summed E-state index contributed by atoms with van der Waals surface area (Å²) in [4.78, 5) is 11.7. The minimum atomic E-state index is -1.23. The number of hydrogen-bond donors (Lipinski definition) is 1. The normalized spacial score (nSPS) is 25.9. The van der Waals surface area contributed by atoms with Crippen molar-refractivity contribution in [3.8, 4) is 0 Å². The van der Waals surface area contributed by atoms with E-state index < -0.39 is 23.5 Å². The quantitative estimate of drug-likeness (QED) is 0.775. The van der Waals surface area contributed by atoms with Crippen LogP contribution in [0.3, 0.4) is 0 Å². The lowest BCUT2D eigenvalue weighted by Crippen LogP contribution is -2.56. The SMILES string of the molecule is CCOC(=O)C[C@](O)(C(C)C)C1CCOC(C)(C)O1. The molecule has 5 nitrogen and oxygen atoms in total. The van der Waals surface area contributed by atoms with Gasteiger partial charge in [0.2, 0.25) is 0 Å². The maximum Gasteiger partial charge on any atom is 0.308 e. The second-order valence-electron chi connectivity index (χ2n) is 5.77. The van der Waals surface area contributed by atoms with E-state index in [0.717, 1.165) is 0 Å². The van der Waals surface area contributed by atoms with Gasteiger partial charge in [0, 0.05) is 6.42 Å². The molecule has 5 heteroatoms. The highest BCUT2D eigenvalue weighted by atomic mass is 16.7. The first-order valence-electron chi connectivity index (χ1n) is 6.91. The van der Waals surface area contributed by atoms with Crippen molar-refractivity contribution in [3.05, 3.63) is 0 Å². The van der Waals surface area contributed by atoms with Gasteiger partial charge in [-0.3, -0.25) is 4.79 Å². The Morgan fingerprint density at radius 2 is 2.16 bits per heavy atom. The molecule has 19 heavy (non-hydrogen) atoms. The average Bonchev–Trinajstić information content (AvgIpc) is 2.27. The van der Waals surface area contributed by atoms with Crippen molar-refractivity contribution in [2.75, 3.05) is 13.2 Å². The molecule has 1 saturated heterocycles. The fourth-order valence-electron chi connectivity index (χ4n) is 2.33. The monoisotopic (exact) mass is 274 g/mol. The maximum atomic E-state index is 11.7. The third kappa shape index (κ3) is 4.16. The zero-order valence-corrected chi connectivity index (χ0v) is 12.6. The van der Waals surface area contributed by atoms with Crippen molar-refractivity contribution in [3.63, 3.8) is 0 Å². The fourth-order valence-corrected chi connectivity index (χ4v) is 2.33. The van der Waals surface area contributed by atoms with Crippen LogP contribution in [0.4, 0.5) is 0 Å². The molecule has 1 fully saturated rings. The second-order valence-corrected chi connectivity index (χ2v) is 5.77. The van der Waals surface area contributed by atoms with E-state index in [-0.39, 0.29) is 12.3 Å². The third-order valence-electron chi connectivity index (χ3n) is 3.55. The highest BCUT2D eigenvalue weighted by Crippen LogP contribution is 2.35. The molecule has 0 aliphatic carbocycles. The summed E-state index contributed by atoms with van der Waals surface area (Å²) in [5.74, 6) is -1.25. The lowest BCUT2D eigenvalue weighted by atomic mass is 9.80. The Hall–Kier alpha value is -0.650. The average molecular weight is 274 g/mol. The predicted molar refractivity (Wildman–Crippen MR) is 70.6 cm³/mol. The summed E-state index contributed by atoms with van der Waals surface area (Å²) in [6.07, 6.45) is 0.0807. The number of ether oxygens (including phenoxy) is 3. The van der Waals surface area contributed by atoms with Crippen LogP contribution in [0.25, 0.3) is 0 Å². The van der Waals surface area contributed by atoms with Crippen LogP contribution in [-0.2, 0) is 19.0 Å². The molecule has 1 N–H and O–H groups in total. The van der Waals surface area contributed by atoms with Crippen LogP contribution < -0.4 is 0 Å². The molecule has 1 rings (SSSR count). The van der Waals surface area contributed by atoms with Crippen LogP contribution in [0.1, 0.15) is 47.5 Å². The van der Waals surface area contributed by atoms with Crippen molar-refractivity contribution in [1.82, 2.24) is 0 Å². The molecule has 2 atom stereocenters. The van der Waals surface area contributed by atoms with E-state index in [0.29, 0.717) is 19.6 Å². The van der Waals surface area contributed by atoms with Gasteiger partial charge in [-0.05, 0) is 26.7 Å². The number of esters is 1. The number of aliphatic hydroxyl groups is 1. The summed E-state index contributed by atoms with van der Waals surface area (Å²) in [6, 6.07) is 0. The van der Waals surface area contributed by atoms with Gasteiger partial charge in [0.05, 0.1) is 25.7 Å². The van der Waals surface area contributed by atoms with E-state index in [2.05, 4.69) is 0 Å². The van der Waals surface area contributed by atoms with Crippen LogP contribution in [-0.4, -0.2) is 41.8 Å². The first-order valence-corrected chi connectivity index (χ1v) is 6.91. The topological polar surface area (TPSA) is 65.0 Å². The standard InChI is InChI=1S/C14H26O5/c1-6-17-12(15)9-14(16,10(2)3)11-7-8-18-13(4,5)19-11/h10-11,16H,6-9H2,1-5H3/t11?,14-/m0/s1. The Morgan fingerprint density at radius 1 is 1.53 bits per heavy atom. The molecule has 0 amide bonds. The zero-order chi connectivity index (χ0) is 14.7. The Kier molecular flexibility index (Phi) is 5.35. The van der Waals surface area contributed by atoms with Crippen LogP contribution >= 0.6 is 0 Å². The van der Waals surface area contributed by atoms with Crippen LogP contribution in [0.15, 0.2) is 0 Å². The van der Waals surface area contributed by atoms with Crippen molar-refractivity contribution in [2.24, 2.45) is 5.92 Å². The Labute approximate surface area is 115 Å². The van der Waals surface area contributed by atoms with Gasteiger partial charge in [-0.2, -0.15) is 0 Å². The molecule has 0 saturated carbocycles. The minimum Gasteiger partial charge on any atom is -0.466 e. The second kappa shape index (κ2) is 6.20. The van der Waals surface area contributed by atoms with Gasteiger partial charge < -0.3 is 19.3 Å². The first-order chi connectivity index (χ1) is 8.71. The molecule has 1 unspecified atom stereocenters. The van der Waals surface area contributed by atoms with Crippen LogP contribution in [0.5, 0.6) is 0 Å². The molecule has 0 aromatic carbocycles. The van der Waals surface area contributed by atoms with E-state index in [9.17, 15) is 9.90 Å². The molecule has 0 aromatic rings. The van der Waals surface area contributed by atoms with Gasteiger partial charge in [0.15, 0.2) is 5.79 Å². The minimum absolute atomic E-state index is 0.0563.